The van der Waals surface area contributed by atoms with Gasteiger partial charge in [0.15, 0.2) is 0 Å². The SMILES string of the molecule is C=C(c1cc(C)nn1-c1cc2ccccc2cc1SC)N(CCC)CCC.Cc1ccncc1. The van der Waals surface area contributed by atoms with Gasteiger partial charge in [0.25, 0.3) is 0 Å². The summed E-state index contributed by atoms with van der Waals surface area (Å²) in [4.78, 5) is 7.45. The Morgan fingerprint density at radius 1 is 0.941 bits per heavy atom. The molecule has 0 saturated heterocycles. The molecule has 0 bridgehead atoms. The average Bonchev–Trinajstić information content (AvgIpc) is 3.25. The molecule has 0 aliphatic rings. The molecule has 0 atom stereocenters. The fraction of sp³-hybridized carbons (Fsp3) is 0.310. The zero-order valence-electron chi connectivity index (χ0n) is 21.1. The maximum atomic E-state index is 4.84. The number of hydrogen-bond acceptors (Lipinski definition) is 4. The highest BCUT2D eigenvalue weighted by atomic mass is 32.2. The fourth-order valence-electron chi connectivity index (χ4n) is 3.94. The van der Waals surface area contributed by atoms with Crippen LogP contribution in [0.15, 0.2) is 78.5 Å². The van der Waals surface area contributed by atoms with E-state index in [-0.39, 0.29) is 0 Å². The lowest BCUT2D eigenvalue weighted by molar-refractivity contribution is 0.394. The summed E-state index contributed by atoms with van der Waals surface area (Å²) in [5.41, 5.74) is 5.53. The van der Waals surface area contributed by atoms with Crippen molar-refractivity contribution in [3.63, 3.8) is 0 Å². The minimum absolute atomic E-state index is 1.01. The van der Waals surface area contributed by atoms with Gasteiger partial charge in [-0.15, -0.1) is 11.8 Å². The van der Waals surface area contributed by atoms with Gasteiger partial charge in [0, 0.05) is 30.4 Å². The third-order valence-electron chi connectivity index (χ3n) is 5.62. The first-order valence-corrected chi connectivity index (χ1v) is 13.2. The summed E-state index contributed by atoms with van der Waals surface area (Å²) in [6.07, 6.45) is 7.92. The topological polar surface area (TPSA) is 34.0 Å². The quantitative estimate of drug-likeness (QED) is 0.248. The Balaban J connectivity index is 0.000000396. The second kappa shape index (κ2) is 12.4. The van der Waals surface area contributed by atoms with Crippen LogP contribution in [0, 0.1) is 13.8 Å². The lowest BCUT2D eigenvalue weighted by atomic mass is 10.1. The van der Waals surface area contributed by atoms with E-state index >= 15 is 0 Å². The Labute approximate surface area is 208 Å². The summed E-state index contributed by atoms with van der Waals surface area (Å²) in [5.74, 6) is 0. The fourth-order valence-corrected chi connectivity index (χ4v) is 4.53. The van der Waals surface area contributed by atoms with Gasteiger partial charge in [-0.3, -0.25) is 4.98 Å². The molecule has 0 radical (unpaired) electrons. The Hall–Kier alpha value is -3.05. The number of rotatable bonds is 8. The maximum Gasteiger partial charge on any atom is 0.0899 e. The predicted molar refractivity (Wildman–Crippen MR) is 148 cm³/mol. The van der Waals surface area contributed by atoms with Crippen LogP contribution in [0.2, 0.25) is 0 Å². The number of aryl methyl sites for hydroxylation is 2. The number of aromatic nitrogens is 3. The Bertz CT molecular complexity index is 1210. The number of pyridine rings is 1. The number of thioether (sulfide) groups is 1. The summed E-state index contributed by atoms with van der Waals surface area (Å²) in [6.45, 7) is 15.0. The van der Waals surface area contributed by atoms with Crippen molar-refractivity contribution in [3.8, 4) is 5.69 Å². The third-order valence-corrected chi connectivity index (χ3v) is 6.39. The highest BCUT2D eigenvalue weighted by Crippen LogP contribution is 2.32. The zero-order chi connectivity index (χ0) is 24.5. The number of benzene rings is 2. The first-order valence-electron chi connectivity index (χ1n) is 11.9. The van der Waals surface area contributed by atoms with Crippen molar-refractivity contribution < 1.29 is 0 Å². The minimum Gasteiger partial charge on any atom is -0.370 e. The monoisotopic (exact) mass is 472 g/mol. The summed E-state index contributed by atoms with van der Waals surface area (Å²) >= 11 is 1.76. The molecule has 0 amide bonds. The average molecular weight is 473 g/mol. The van der Waals surface area contributed by atoms with Crippen molar-refractivity contribution in [2.75, 3.05) is 19.3 Å². The molecule has 4 nitrogen and oxygen atoms in total. The smallest absolute Gasteiger partial charge is 0.0899 e. The second-order valence-electron chi connectivity index (χ2n) is 8.41. The van der Waals surface area contributed by atoms with Gasteiger partial charge in [0.2, 0.25) is 0 Å². The largest absolute Gasteiger partial charge is 0.370 e. The van der Waals surface area contributed by atoms with Crippen LogP contribution in [0.25, 0.3) is 22.2 Å². The first-order chi connectivity index (χ1) is 16.5. The molecule has 0 N–H and O–H groups in total. The van der Waals surface area contributed by atoms with E-state index in [1.807, 2.05) is 19.1 Å². The summed E-state index contributed by atoms with van der Waals surface area (Å²) in [7, 11) is 0. The molecule has 0 fully saturated rings. The van der Waals surface area contributed by atoms with Crippen LogP contribution in [0.5, 0.6) is 0 Å². The Kier molecular flexibility index (Phi) is 9.34. The van der Waals surface area contributed by atoms with E-state index in [2.05, 4.69) is 90.6 Å². The van der Waals surface area contributed by atoms with Crippen LogP contribution < -0.4 is 0 Å². The van der Waals surface area contributed by atoms with Gasteiger partial charge in [-0.05, 0) is 79.6 Å². The van der Waals surface area contributed by atoms with Crippen LogP contribution >= 0.6 is 11.8 Å². The molecule has 0 aliphatic carbocycles. The second-order valence-corrected chi connectivity index (χ2v) is 9.26. The molecule has 0 aliphatic heterocycles. The van der Waals surface area contributed by atoms with Gasteiger partial charge < -0.3 is 4.90 Å². The van der Waals surface area contributed by atoms with Gasteiger partial charge in [-0.25, -0.2) is 4.68 Å². The number of nitrogens with zero attached hydrogens (tertiary/aromatic N) is 4. The standard InChI is InChI=1S/C23H29N3S.C6H7N/c1-6-12-25(13-7-2)18(4)21-14-17(3)24-26(21)22-15-19-10-8-9-11-20(19)16-23(22)27-5;1-6-2-4-7-5-3-6/h8-11,14-16H,4,6-7,12-13H2,1-3,5H3;2-5H,1H3. The van der Waals surface area contributed by atoms with E-state index in [4.69, 9.17) is 5.10 Å². The summed E-state index contributed by atoms with van der Waals surface area (Å²) in [5, 5.41) is 7.32. The number of fused-ring (bicyclic) bond motifs is 1. The molecule has 2 aromatic heterocycles. The van der Waals surface area contributed by atoms with Crippen molar-refractivity contribution in [2.24, 2.45) is 0 Å². The maximum absolute atomic E-state index is 4.84. The van der Waals surface area contributed by atoms with Crippen molar-refractivity contribution in [3.05, 3.63) is 90.5 Å². The molecule has 34 heavy (non-hydrogen) atoms. The van der Waals surface area contributed by atoms with Gasteiger partial charge >= 0.3 is 0 Å². The molecule has 2 aromatic carbocycles. The van der Waals surface area contributed by atoms with Crippen LogP contribution in [-0.2, 0) is 0 Å². The van der Waals surface area contributed by atoms with Crippen LogP contribution in [-0.4, -0.2) is 39.0 Å². The van der Waals surface area contributed by atoms with E-state index in [1.54, 1.807) is 24.2 Å². The van der Waals surface area contributed by atoms with Gasteiger partial charge in [0.1, 0.15) is 0 Å². The van der Waals surface area contributed by atoms with E-state index in [9.17, 15) is 0 Å². The highest BCUT2D eigenvalue weighted by molar-refractivity contribution is 7.98. The van der Waals surface area contributed by atoms with E-state index < -0.39 is 0 Å². The summed E-state index contributed by atoms with van der Waals surface area (Å²) in [6, 6.07) is 19.1. The highest BCUT2D eigenvalue weighted by Gasteiger charge is 2.18. The van der Waals surface area contributed by atoms with Crippen LogP contribution in [0.1, 0.15) is 43.6 Å². The van der Waals surface area contributed by atoms with Crippen molar-refractivity contribution >= 4 is 28.2 Å². The van der Waals surface area contributed by atoms with Crippen LogP contribution in [0.3, 0.4) is 0 Å². The van der Waals surface area contributed by atoms with Crippen molar-refractivity contribution in [1.29, 1.82) is 0 Å². The molecule has 5 heteroatoms. The number of hydrogen-bond donors (Lipinski definition) is 0. The van der Waals surface area contributed by atoms with Gasteiger partial charge in [-0.1, -0.05) is 44.7 Å². The van der Waals surface area contributed by atoms with E-state index in [1.165, 1.54) is 21.2 Å². The molecule has 178 valence electrons. The molecule has 0 unspecified atom stereocenters. The van der Waals surface area contributed by atoms with Gasteiger partial charge in [0.05, 0.1) is 22.8 Å². The molecular formula is C29H36N4S. The molecule has 2 heterocycles. The lowest BCUT2D eigenvalue weighted by Gasteiger charge is -2.26. The zero-order valence-corrected chi connectivity index (χ0v) is 21.9. The summed E-state index contributed by atoms with van der Waals surface area (Å²) < 4.78 is 2.08. The lowest BCUT2D eigenvalue weighted by Crippen LogP contribution is -2.24. The first kappa shape index (κ1) is 25.6. The predicted octanol–water partition coefficient (Wildman–Crippen LogP) is 7.54. The molecule has 4 rings (SSSR count). The Morgan fingerprint density at radius 2 is 1.56 bits per heavy atom. The van der Waals surface area contributed by atoms with E-state index in [0.717, 1.165) is 48.7 Å². The molecular weight excluding hydrogens is 436 g/mol. The molecule has 0 saturated carbocycles. The van der Waals surface area contributed by atoms with E-state index in [0.29, 0.717) is 0 Å². The Morgan fingerprint density at radius 3 is 2.09 bits per heavy atom. The normalized spacial score (nSPS) is 10.6. The third kappa shape index (κ3) is 6.29. The molecule has 4 aromatic rings. The minimum atomic E-state index is 1.01. The van der Waals surface area contributed by atoms with Crippen molar-refractivity contribution in [1.82, 2.24) is 19.7 Å². The van der Waals surface area contributed by atoms with Gasteiger partial charge in [-0.2, -0.15) is 5.10 Å². The van der Waals surface area contributed by atoms with Crippen LogP contribution in [0.4, 0.5) is 0 Å². The molecule has 0 spiro atoms. The van der Waals surface area contributed by atoms with Crippen molar-refractivity contribution in [2.45, 2.75) is 45.4 Å².